The first-order valence-corrected chi connectivity index (χ1v) is 5.93. The zero-order chi connectivity index (χ0) is 14.0. The van der Waals surface area contributed by atoms with E-state index in [0.717, 1.165) is 5.56 Å². The van der Waals surface area contributed by atoms with E-state index in [-0.39, 0.29) is 11.7 Å². The third-order valence-electron chi connectivity index (χ3n) is 3.06. The summed E-state index contributed by atoms with van der Waals surface area (Å²) >= 11 is 0. The van der Waals surface area contributed by atoms with Crippen LogP contribution in [0.2, 0.25) is 0 Å². The van der Waals surface area contributed by atoms with Crippen LogP contribution in [0, 0.1) is 6.92 Å². The van der Waals surface area contributed by atoms with E-state index in [9.17, 15) is 9.90 Å². The van der Waals surface area contributed by atoms with Crippen LogP contribution in [0.5, 0.6) is 5.75 Å². The second-order valence-electron chi connectivity index (χ2n) is 4.42. The number of hydrogen-bond donors (Lipinski definition) is 2. The monoisotopic (exact) mass is 256 g/mol. The first-order valence-electron chi connectivity index (χ1n) is 5.93. The Bertz CT molecular complexity index is 623. The number of rotatable bonds is 2. The number of anilines is 2. The summed E-state index contributed by atoms with van der Waals surface area (Å²) in [5.74, 6) is -0.103. The van der Waals surface area contributed by atoms with Crippen molar-refractivity contribution in [3.63, 3.8) is 0 Å². The Balaban J connectivity index is 2.34. The lowest BCUT2D eigenvalue weighted by molar-refractivity contribution is 0.0992. The summed E-state index contributed by atoms with van der Waals surface area (Å²) in [6.45, 7) is 1.78. The fraction of sp³-hybridized carbons (Fsp3) is 0.133. The molecule has 1 amide bonds. The second kappa shape index (κ2) is 5.02. The number of nitrogen functional groups attached to an aromatic ring is 1. The number of carbonyl (C=O) groups is 1. The van der Waals surface area contributed by atoms with Crippen molar-refractivity contribution in [1.82, 2.24) is 0 Å². The lowest BCUT2D eigenvalue weighted by Crippen LogP contribution is -2.26. The van der Waals surface area contributed by atoms with E-state index in [1.165, 1.54) is 11.0 Å². The number of phenols is 1. The summed E-state index contributed by atoms with van der Waals surface area (Å²) < 4.78 is 0. The van der Waals surface area contributed by atoms with Crippen LogP contribution in [-0.2, 0) is 0 Å². The van der Waals surface area contributed by atoms with Crippen LogP contribution in [0.1, 0.15) is 15.9 Å². The summed E-state index contributed by atoms with van der Waals surface area (Å²) in [6.07, 6.45) is 0. The molecule has 3 N–H and O–H groups in total. The van der Waals surface area contributed by atoms with Gasteiger partial charge in [0, 0.05) is 12.6 Å². The normalized spacial score (nSPS) is 10.2. The highest BCUT2D eigenvalue weighted by Gasteiger charge is 2.16. The van der Waals surface area contributed by atoms with Gasteiger partial charge in [0.15, 0.2) is 0 Å². The minimum atomic E-state index is -0.215. The zero-order valence-corrected chi connectivity index (χ0v) is 10.9. The fourth-order valence-corrected chi connectivity index (χ4v) is 1.84. The molecule has 98 valence electrons. The molecular formula is C15H16N2O2. The van der Waals surface area contributed by atoms with Gasteiger partial charge in [0.2, 0.25) is 0 Å². The van der Waals surface area contributed by atoms with Crippen LogP contribution in [0.15, 0.2) is 42.5 Å². The highest BCUT2D eigenvalue weighted by Crippen LogP contribution is 2.24. The van der Waals surface area contributed by atoms with Gasteiger partial charge in [-0.1, -0.05) is 18.2 Å². The number of carbonyl (C=O) groups excluding carboxylic acids is 1. The van der Waals surface area contributed by atoms with E-state index >= 15 is 0 Å². The molecule has 0 spiro atoms. The third kappa shape index (κ3) is 2.52. The molecule has 0 heterocycles. The van der Waals surface area contributed by atoms with Crippen molar-refractivity contribution in [1.29, 1.82) is 0 Å². The van der Waals surface area contributed by atoms with E-state index in [1.807, 2.05) is 12.1 Å². The molecule has 4 heteroatoms. The minimum absolute atomic E-state index is 0.111. The Morgan fingerprint density at radius 2 is 1.89 bits per heavy atom. The first-order chi connectivity index (χ1) is 9.00. The lowest BCUT2D eigenvalue weighted by atomic mass is 10.1. The summed E-state index contributed by atoms with van der Waals surface area (Å²) in [5, 5.41) is 9.66. The van der Waals surface area contributed by atoms with Gasteiger partial charge in [-0.15, -0.1) is 0 Å². The molecule has 0 aliphatic rings. The molecule has 0 saturated heterocycles. The van der Waals surface area contributed by atoms with Crippen molar-refractivity contribution < 1.29 is 9.90 Å². The lowest BCUT2D eigenvalue weighted by Gasteiger charge is -2.19. The van der Waals surface area contributed by atoms with Gasteiger partial charge in [0.25, 0.3) is 5.91 Å². The standard InChI is InChI=1S/C15H16N2O2/c1-10-7-8-11(9-14(10)18)15(19)17(2)13-6-4-3-5-12(13)16/h3-9,18H,16H2,1-2H3. The van der Waals surface area contributed by atoms with Crippen molar-refractivity contribution in [2.75, 3.05) is 17.7 Å². The molecule has 4 nitrogen and oxygen atoms in total. The Morgan fingerprint density at radius 1 is 1.21 bits per heavy atom. The molecule has 0 aliphatic heterocycles. The Hall–Kier alpha value is -2.49. The number of aromatic hydroxyl groups is 1. The molecule has 0 aromatic heterocycles. The molecule has 0 saturated carbocycles. The summed E-state index contributed by atoms with van der Waals surface area (Å²) in [5.41, 5.74) is 8.19. The second-order valence-corrected chi connectivity index (χ2v) is 4.42. The van der Waals surface area contributed by atoms with E-state index in [4.69, 9.17) is 5.73 Å². The third-order valence-corrected chi connectivity index (χ3v) is 3.06. The van der Waals surface area contributed by atoms with Crippen molar-refractivity contribution in [2.45, 2.75) is 6.92 Å². The van der Waals surface area contributed by atoms with E-state index in [0.29, 0.717) is 16.9 Å². The van der Waals surface area contributed by atoms with Crippen LogP contribution in [0.4, 0.5) is 11.4 Å². The van der Waals surface area contributed by atoms with E-state index in [1.54, 1.807) is 38.2 Å². The van der Waals surface area contributed by atoms with Crippen molar-refractivity contribution in [3.8, 4) is 5.75 Å². The number of para-hydroxylation sites is 2. The molecule has 0 bridgehead atoms. The number of aryl methyl sites for hydroxylation is 1. The van der Waals surface area contributed by atoms with Gasteiger partial charge in [-0.2, -0.15) is 0 Å². The van der Waals surface area contributed by atoms with Crippen LogP contribution in [0.25, 0.3) is 0 Å². The predicted molar refractivity (Wildman–Crippen MR) is 76.4 cm³/mol. The minimum Gasteiger partial charge on any atom is -0.508 e. The molecule has 2 rings (SSSR count). The average molecular weight is 256 g/mol. The SMILES string of the molecule is Cc1ccc(C(=O)N(C)c2ccccc2N)cc1O. The van der Waals surface area contributed by atoms with Crippen molar-refractivity contribution in [2.24, 2.45) is 0 Å². The van der Waals surface area contributed by atoms with Crippen LogP contribution >= 0.6 is 0 Å². The quantitative estimate of drug-likeness (QED) is 0.811. The van der Waals surface area contributed by atoms with Gasteiger partial charge in [-0.3, -0.25) is 4.79 Å². The number of phenolic OH excluding ortho intramolecular Hbond substituents is 1. The highest BCUT2D eigenvalue weighted by atomic mass is 16.3. The van der Waals surface area contributed by atoms with Gasteiger partial charge in [-0.25, -0.2) is 0 Å². The summed E-state index contributed by atoms with van der Waals surface area (Å²) in [6, 6.07) is 12.0. The Labute approximate surface area is 112 Å². The molecule has 0 radical (unpaired) electrons. The van der Waals surface area contributed by atoms with Gasteiger partial charge in [0.05, 0.1) is 11.4 Å². The van der Waals surface area contributed by atoms with Crippen molar-refractivity contribution in [3.05, 3.63) is 53.6 Å². The smallest absolute Gasteiger partial charge is 0.258 e. The molecule has 0 fully saturated rings. The van der Waals surface area contributed by atoms with Gasteiger partial charge >= 0.3 is 0 Å². The molecular weight excluding hydrogens is 240 g/mol. The van der Waals surface area contributed by atoms with Gasteiger partial charge < -0.3 is 15.7 Å². The summed E-state index contributed by atoms with van der Waals surface area (Å²) in [4.78, 5) is 13.8. The Kier molecular flexibility index (Phi) is 3.42. The molecule has 0 atom stereocenters. The van der Waals surface area contributed by atoms with Crippen LogP contribution < -0.4 is 10.6 Å². The molecule has 2 aromatic carbocycles. The summed E-state index contributed by atoms with van der Waals surface area (Å²) in [7, 11) is 1.66. The van der Waals surface area contributed by atoms with Crippen LogP contribution in [0.3, 0.4) is 0 Å². The Morgan fingerprint density at radius 3 is 2.53 bits per heavy atom. The highest BCUT2D eigenvalue weighted by molar-refractivity contribution is 6.07. The number of nitrogens with zero attached hydrogens (tertiary/aromatic N) is 1. The fourth-order valence-electron chi connectivity index (χ4n) is 1.84. The predicted octanol–water partition coefficient (Wildman–Crippen LogP) is 2.56. The number of nitrogens with two attached hydrogens (primary N) is 1. The molecule has 0 unspecified atom stereocenters. The van der Waals surface area contributed by atoms with Gasteiger partial charge in [-0.05, 0) is 36.8 Å². The molecule has 19 heavy (non-hydrogen) atoms. The van der Waals surface area contributed by atoms with E-state index < -0.39 is 0 Å². The zero-order valence-electron chi connectivity index (χ0n) is 10.9. The number of amides is 1. The topological polar surface area (TPSA) is 66.6 Å². The maximum absolute atomic E-state index is 12.3. The maximum atomic E-state index is 12.3. The number of benzene rings is 2. The van der Waals surface area contributed by atoms with E-state index in [2.05, 4.69) is 0 Å². The molecule has 0 aliphatic carbocycles. The number of hydrogen-bond acceptors (Lipinski definition) is 3. The average Bonchev–Trinajstić information content (AvgIpc) is 2.41. The van der Waals surface area contributed by atoms with Crippen LogP contribution in [-0.4, -0.2) is 18.1 Å². The van der Waals surface area contributed by atoms with Gasteiger partial charge in [0.1, 0.15) is 5.75 Å². The maximum Gasteiger partial charge on any atom is 0.258 e. The largest absolute Gasteiger partial charge is 0.508 e. The molecule has 2 aromatic rings. The van der Waals surface area contributed by atoms with Crippen molar-refractivity contribution >= 4 is 17.3 Å². The first kappa shape index (κ1) is 13.0.